The van der Waals surface area contributed by atoms with Crippen LogP contribution in [0.4, 0.5) is 4.79 Å². The smallest absolute Gasteiger partial charge is 0.344 e. The van der Waals surface area contributed by atoms with Crippen LogP contribution in [0.2, 0.25) is 5.02 Å². The summed E-state index contributed by atoms with van der Waals surface area (Å²) in [5.41, 5.74) is 0.373. The van der Waals surface area contributed by atoms with Crippen LogP contribution in [0, 0.1) is 0 Å². The summed E-state index contributed by atoms with van der Waals surface area (Å²) < 4.78 is 20.2. The van der Waals surface area contributed by atoms with Crippen LogP contribution >= 0.6 is 11.6 Å². The van der Waals surface area contributed by atoms with Crippen molar-refractivity contribution in [2.75, 3.05) is 33.5 Å². The van der Waals surface area contributed by atoms with Crippen molar-refractivity contribution in [3.63, 3.8) is 0 Å². The van der Waals surface area contributed by atoms with E-state index in [-0.39, 0.29) is 42.0 Å². The number of hydrogen-bond donors (Lipinski definition) is 1. The molecule has 0 atom stereocenters. The summed E-state index contributed by atoms with van der Waals surface area (Å²) in [5, 5.41) is 2.51. The van der Waals surface area contributed by atoms with Gasteiger partial charge in [-0.1, -0.05) is 11.6 Å². The Balaban J connectivity index is 2.27. The van der Waals surface area contributed by atoms with Crippen molar-refractivity contribution < 1.29 is 38.1 Å². The monoisotopic (exact) mass is 440 g/mol. The van der Waals surface area contributed by atoms with Gasteiger partial charge in [0.1, 0.15) is 12.2 Å². The average molecular weight is 441 g/mol. The van der Waals surface area contributed by atoms with E-state index in [2.05, 4.69) is 10.1 Å². The number of nitrogens with one attached hydrogen (secondary N) is 1. The lowest BCUT2D eigenvalue weighted by Gasteiger charge is -2.14. The van der Waals surface area contributed by atoms with Crippen molar-refractivity contribution in [3.05, 3.63) is 28.4 Å². The molecule has 1 aromatic rings. The molecule has 30 heavy (non-hydrogen) atoms. The van der Waals surface area contributed by atoms with E-state index in [1.807, 2.05) is 0 Å². The van der Waals surface area contributed by atoms with E-state index in [4.69, 9.17) is 25.8 Å². The Morgan fingerprint density at radius 1 is 1.13 bits per heavy atom. The van der Waals surface area contributed by atoms with Crippen LogP contribution in [0.3, 0.4) is 0 Å². The summed E-state index contributed by atoms with van der Waals surface area (Å²) in [6.07, 6.45) is 1.38. The van der Waals surface area contributed by atoms with Crippen LogP contribution in [-0.2, 0) is 23.9 Å². The Morgan fingerprint density at radius 2 is 1.87 bits per heavy atom. The molecule has 1 aromatic carbocycles. The molecule has 0 radical (unpaired) electrons. The molecule has 1 aliphatic heterocycles. The molecule has 0 aromatic heterocycles. The standard InChI is InChI=1S/C19H21ClN2O8/c1-4-28-14-8-11(6-12(20)17(14)30-10-16(24)29-5-2)7-13-18(25)22(19(26)21-13)9-15(23)27-3/h6-8H,4-5,9-10H2,1-3H3,(H,21,26)/b13-7+. The van der Waals surface area contributed by atoms with Gasteiger partial charge in [0.05, 0.1) is 25.3 Å². The van der Waals surface area contributed by atoms with E-state index in [0.717, 1.165) is 12.0 Å². The molecule has 1 heterocycles. The number of methoxy groups -OCH3 is 1. The average Bonchev–Trinajstić information content (AvgIpc) is 2.95. The van der Waals surface area contributed by atoms with Gasteiger partial charge in [-0.15, -0.1) is 0 Å². The first-order valence-corrected chi connectivity index (χ1v) is 9.34. The number of hydrogen-bond acceptors (Lipinski definition) is 8. The number of rotatable bonds is 9. The van der Waals surface area contributed by atoms with Gasteiger partial charge in [-0.3, -0.25) is 9.59 Å². The zero-order chi connectivity index (χ0) is 22.3. The minimum Gasteiger partial charge on any atom is -0.490 e. The molecule has 3 amide bonds. The van der Waals surface area contributed by atoms with Gasteiger partial charge < -0.3 is 24.3 Å². The molecule has 1 saturated heterocycles. The van der Waals surface area contributed by atoms with Gasteiger partial charge in [0.2, 0.25) is 0 Å². The highest BCUT2D eigenvalue weighted by Crippen LogP contribution is 2.37. The van der Waals surface area contributed by atoms with Crippen LogP contribution in [0.1, 0.15) is 19.4 Å². The molecule has 162 valence electrons. The third-order valence-electron chi connectivity index (χ3n) is 3.76. The molecule has 0 aliphatic carbocycles. The van der Waals surface area contributed by atoms with E-state index in [0.29, 0.717) is 5.56 Å². The summed E-state index contributed by atoms with van der Waals surface area (Å²) in [5.74, 6) is -1.61. The zero-order valence-electron chi connectivity index (χ0n) is 16.7. The first-order valence-electron chi connectivity index (χ1n) is 8.96. The lowest BCUT2D eigenvalue weighted by Crippen LogP contribution is -2.36. The highest BCUT2D eigenvalue weighted by molar-refractivity contribution is 6.32. The van der Waals surface area contributed by atoms with E-state index in [9.17, 15) is 19.2 Å². The molecule has 1 fully saturated rings. The summed E-state index contributed by atoms with van der Waals surface area (Å²) in [4.78, 5) is 48.0. The minimum absolute atomic E-state index is 0.0531. The molecule has 0 unspecified atom stereocenters. The van der Waals surface area contributed by atoms with Crippen LogP contribution in [0.5, 0.6) is 11.5 Å². The van der Waals surface area contributed by atoms with Crippen LogP contribution in [0.25, 0.3) is 6.08 Å². The van der Waals surface area contributed by atoms with Crippen molar-refractivity contribution >= 4 is 41.6 Å². The van der Waals surface area contributed by atoms with E-state index in [1.165, 1.54) is 18.2 Å². The maximum absolute atomic E-state index is 12.4. The normalized spacial score (nSPS) is 14.5. The predicted octanol–water partition coefficient (Wildman–Crippen LogP) is 1.75. The number of esters is 2. The summed E-state index contributed by atoms with van der Waals surface area (Å²) in [7, 11) is 1.15. The fourth-order valence-corrected chi connectivity index (χ4v) is 2.76. The largest absolute Gasteiger partial charge is 0.490 e. The second-order valence-corrected chi connectivity index (χ2v) is 6.22. The van der Waals surface area contributed by atoms with Gasteiger partial charge in [-0.25, -0.2) is 14.5 Å². The molecule has 1 aliphatic rings. The number of halogens is 1. The molecular formula is C19H21ClN2O8. The SMILES string of the molecule is CCOC(=O)COc1c(Cl)cc(/C=C2/NC(=O)N(CC(=O)OC)C2=O)cc1OCC. The Hall–Kier alpha value is -3.27. The number of nitrogens with zero attached hydrogens (tertiary/aromatic N) is 1. The Labute approximate surface area is 177 Å². The number of carbonyl (C=O) groups is 4. The maximum atomic E-state index is 12.4. The quantitative estimate of drug-likeness (QED) is 0.350. The number of carbonyl (C=O) groups excluding carboxylic acids is 4. The zero-order valence-corrected chi connectivity index (χ0v) is 17.4. The van der Waals surface area contributed by atoms with Gasteiger partial charge in [-0.05, 0) is 37.6 Å². The van der Waals surface area contributed by atoms with Crippen LogP contribution in [-0.4, -0.2) is 62.3 Å². The number of benzene rings is 1. The number of amides is 3. The maximum Gasteiger partial charge on any atom is 0.344 e. The van der Waals surface area contributed by atoms with Gasteiger partial charge >= 0.3 is 18.0 Å². The molecule has 0 spiro atoms. The summed E-state index contributed by atoms with van der Waals surface area (Å²) in [6, 6.07) is 2.26. The lowest BCUT2D eigenvalue weighted by molar-refractivity contribution is -0.145. The Morgan fingerprint density at radius 3 is 2.50 bits per heavy atom. The molecule has 11 heteroatoms. The third kappa shape index (κ3) is 5.63. The molecule has 0 saturated carbocycles. The second kappa shape index (κ2) is 10.5. The predicted molar refractivity (Wildman–Crippen MR) is 105 cm³/mol. The fraction of sp³-hybridized carbons (Fsp3) is 0.368. The molecule has 2 rings (SSSR count). The summed E-state index contributed by atoms with van der Waals surface area (Å²) in [6.45, 7) is 3.06. The lowest BCUT2D eigenvalue weighted by atomic mass is 10.1. The minimum atomic E-state index is -0.748. The van der Waals surface area contributed by atoms with E-state index >= 15 is 0 Å². The number of ether oxygens (including phenoxy) is 4. The van der Waals surface area contributed by atoms with Gasteiger partial charge in [0.15, 0.2) is 18.1 Å². The van der Waals surface area contributed by atoms with Crippen molar-refractivity contribution in [1.29, 1.82) is 0 Å². The Kier molecular flexibility index (Phi) is 8.05. The fourth-order valence-electron chi connectivity index (χ4n) is 2.48. The highest BCUT2D eigenvalue weighted by atomic mass is 35.5. The number of urea groups is 1. The number of imide groups is 1. The summed E-state index contributed by atoms with van der Waals surface area (Å²) >= 11 is 6.27. The molecule has 0 bridgehead atoms. The second-order valence-electron chi connectivity index (χ2n) is 5.81. The van der Waals surface area contributed by atoms with E-state index in [1.54, 1.807) is 13.8 Å². The first-order chi connectivity index (χ1) is 14.3. The molecular weight excluding hydrogens is 420 g/mol. The van der Waals surface area contributed by atoms with E-state index < -0.39 is 30.4 Å². The van der Waals surface area contributed by atoms with Crippen LogP contribution < -0.4 is 14.8 Å². The van der Waals surface area contributed by atoms with Crippen molar-refractivity contribution in [1.82, 2.24) is 10.2 Å². The molecule has 1 N–H and O–H groups in total. The highest BCUT2D eigenvalue weighted by Gasteiger charge is 2.35. The van der Waals surface area contributed by atoms with Crippen molar-refractivity contribution in [3.8, 4) is 11.5 Å². The first kappa shape index (κ1) is 23.0. The van der Waals surface area contributed by atoms with Gasteiger partial charge in [0, 0.05) is 0 Å². The Bertz CT molecular complexity index is 884. The molecule has 10 nitrogen and oxygen atoms in total. The van der Waals surface area contributed by atoms with Crippen LogP contribution in [0.15, 0.2) is 17.8 Å². The van der Waals surface area contributed by atoms with Crippen molar-refractivity contribution in [2.24, 2.45) is 0 Å². The van der Waals surface area contributed by atoms with Crippen molar-refractivity contribution in [2.45, 2.75) is 13.8 Å². The topological polar surface area (TPSA) is 120 Å². The third-order valence-corrected chi connectivity index (χ3v) is 4.04. The van der Waals surface area contributed by atoms with Gasteiger partial charge in [-0.2, -0.15) is 0 Å². The van der Waals surface area contributed by atoms with Gasteiger partial charge in [0.25, 0.3) is 5.91 Å².